The summed E-state index contributed by atoms with van der Waals surface area (Å²) in [5.41, 5.74) is 0.997. The van der Waals surface area contributed by atoms with Crippen LogP contribution in [-0.2, 0) is 0 Å². The number of hydrogen-bond acceptors (Lipinski definition) is 1. The van der Waals surface area contributed by atoms with E-state index in [2.05, 4.69) is 41.8 Å². The molecule has 1 aliphatic carbocycles. The van der Waals surface area contributed by atoms with E-state index in [1.54, 1.807) is 0 Å². The highest BCUT2D eigenvalue weighted by Crippen LogP contribution is 2.37. The van der Waals surface area contributed by atoms with Crippen molar-refractivity contribution in [2.24, 2.45) is 5.41 Å². The van der Waals surface area contributed by atoms with Crippen LogP contribution >= 0.6 is 22.6 Å². The molecular weight excluding hydrogens is 325 g/mol. The first-order valence-corrected chi connectivity index (χ1v) is 7.13. The van der Waals surface area contributed by atoms with E-state index >= 15 is 0 Å². The molecule has 1 atom stereocenters. The molecule has 1 aromatic carbocycles. The molecule has 0 bridgehead atoms. The lowest BCUT2D eigenvalue weighted by molar-refractivity contribution is 0.0910. The van der Waals surface area contributed by atoms with Gasteiger partial charge in [0, 0.05) is 15.2 Å². The molecule has 1 saturated carbocycles. The molecule has 1 unspecified atom stereocenters. The van der Waals surface area contributed by atoms with Crippen LogP contribution in [0.2, 0.25) is 0 Å². The summed E-state index contributed by atoms with van der Waals surface area (Å²) in [5, 5.41) is 3.17. The van der Waals surface area contributed by atoms with Crippen LogP contribution in [0.1, 0.15) is 43.5 Å². The van der Waals surface area contributed by atoms with Crippen LogP contribution in [0, 0.1) is 8.99 Å². The fourth-order valence-corrected chi connectivity index (χ4v) is 3.01. The van der Waals surface area contributed by atoms with E-state index in [0.29, 0.717) is 6.04 Å². The first-order valence-electron chi connectivity index (χ1n) is 6.05. The zero-order chi connectivity index (χ0) is 12.5. The Hall–Kier alpha value is -0.580. The van der Waals surface area contributed by atoms with Gasteiger partial charge in [-0.05, 0) is 59.0 Å². The van der Waals surface area contributed by atoms with E-state index in [9.17, 15) is 4.79 Å². The summed E-state index contributed by atoms with van der Waals surface area (Å²) >= 11 is 2.23. The highest BCUT2D eigenvalue weighted by Gasteiger charge is 2.35. The SMILES string of the molecule is CC1(C)CCCC1NC(=O)c1cccc(I)c1. The van der Waals surface area contributed by atoms with Gasteiger partial charge in [-0.3, -0.25) is 4.79 Å². The molecule has 1 aliphatic rings. The number of halogens is 1. The van der Waals surface area contributed by atoms with Gasteiger partial charge in [-0.25, -0.2) is 0 Å². The molecule has 1 N–H and O–H groups in total. The number of carbonyl (C=O) groups is 1. The van der Waals surface area contributed by atoms with Crippen molar-refractivity contribution >= 4 is 28.5 Å². The second kappa shape index (κ2) is 4.96. The molecule has 1 fully saturated rings. The van der Waals surface area contributed by atoms with Crippen molar-refractivity contribution in [3.8, 4) is 0 Å². The number of carbonyl (C=O) groups excluding carboxylic acids is 1. The topological polar surface area (TPSA) is 29.1 Å². The standard InChI is InChI=1S/C14H18INO/c1-14(2)8-4-7-12(14)16-13(17)10-5-3-6-11(15)9-10/h3,5-6,9,12H,4,7-8H2,1-2H3,(H,16,17). The van der Waals surface area contributed by atoms with E-state index < -0.39 is 0 Å². The van der Waals surface area contributed by atoms with Crippen LogP contribution < -0.4 is 5.32 Å². The molecule has 0 heterocycles. The van der Waals surface area contributed by atoms with Crippen LogP contribution in [0.3, 0.4) is 0 Å². The molecular formula is C14H18INO. The third-order valence-corrected chi connectivity index (χ3v) is 4.32. The fraction of sp³-hybridized carbons (Fsp3) is 0.500. The van der Waals surface area contributed by atoms with Gasteiger partial charge < -0.3 is 5.32 Å². The summed E-state index contributed by atoms with van der Waals surface area (Å²) in [4.78, 5) is 12.1. The summed E-state index contributed by atoms with van der Waals surface area (Å²) in [5.74, 6) is 0.0588. The van der Waals surface area contributed by atoms with Crippen LogP contribution in [-0.4, -0.2) is 11.9 Å². The fourth-order valence-electron chi connectivity index (χ4n) is 2.47. The van der Waals surface area contributed by atoms with Crippen molar-refractivity contribution in [1.82, 2.24) is 5.32 Å². The predicted octanol–water partition coefficient (Wildman–Crippen LogP) is 3.60. The van der Waals surface area contributed by atoms with Crippen LogP contribution in [0.15, 0.2) is 24.3 Å². The molecule has 0 spiro atoms. The highest BCUT2D eigenvalue weighted by atomic mass is 127. The van der Waals surface area contributed by atoms with Crippen molar-refractivity contribution in [2.45, 2.75) is 39.2 Å². The van der Waals surface area contributed by atoms with Gasteiger partial charge >= 0.3 is 0 Å². The first-order chi connectivity index (χ1) is 7.99. The third-order valence-electron chi connectivity index (χ3n) is 3.65. The van der Waals surface area contributed by atoms with Gasteiger partial charge in [-0.15, -0.1) is 0 Å². The number of benzene rings is 1. The van der Waals surface area contributed by atoms with E-state index in [-0.39, 0.29) is 11.3 Å². The second-order valence-corrected chi connectivity index (χ2v) is 6.66. The normalized spacial score (nSPS) is 22.4. The van der Waals surface area contributed by atoms with Crippen LogP contribution in [0.5, 0.6) is 0 Å². The van der Waals surface area contributed by atoms with Crippen LogP contribution in [0.25, 0.3) is 0 Å². The minimum absolute atomic E-state index is 0.0588. The van der Waals surface area contributed by atoms with Gasteiger partial charge in [0.05, 0.1) is 0 Å². The van der Waals surface area contributed by atoms with E-state index in [0.717, 1.165) is 15.6 Å². The van der Waals surface area contributed by atoms with Crippen molar-refractivity contribution in [2.75, 3.05) is 0 Å². The third kappa shape index (κ3) is 3.00. The summed E-state index contributed by atoms with van der Waals surface area (Å²) in [7, 11) is 0. The van der Waals surface area contributed by atoms with E-state index in [1.165, 1.54) is 12.8 Å². The minimum atomic E-state index is 0.0588. The smallest absolute Gasteiger partial charge is 0.251 e. The number of hydrogen-bond donors (Lipinski definition) is 1. The molecule has 1 amide bonds. The van der Waals surface area contributed by atoms with Gasteiger partial charge in [-0.1, -0.05) is 26.3 Å². The maximum absolute atomic E-state index is 12.1. The minimum Gasteiger partial charge on any atom is -0.349 e. The molecule has 17 heavy (non-hydrogen) atoms. The lowest BCUT2D eigenvalue weighted by Gasteiger charge is -2.27. The van der Waals surface area contributed by atoms with Crippen molar-refractivity contribution in [3.05, 3.63) is 33.4 Å². The Balaban J connectivity index is 2.07. The van der Waals surface area contributed by atoms with Gasteiger partial charge in [0.15, 0.2) is 0 Å². The predicted molar refractivity (Wildman–Crippen MR) is 78.0 cm³/mol. The van der Waals surface area contributed by atoms with E-state index in [4.69, 9.17) is 0 Å². The van der Waals surface area contributed by atoms with Crippen molar-refractivity contribution in [3.63, 3.8) is 0 Å². The van der Waals surface area contributed by atoms with Crippen molar-refractivity contribution in [1.29, 1.82) is 0 Å². The maximum atomic E-state index is 12.1. The summed E-state index contributed by atoms with van der Waals surface area (Å²) in [6.45, 7) is 4.47. The molecule has 0 aromatic heterocycles. The second-order valence-electron chi connectivity index (χ2n) is 5.42. The Morgan fingerprint density at radius 2 is 2.24 bits per heavy atom. The molecule has 0 aliphatic heterocycles. The average molecular weight is 343 g/mol. The van der Waals surface area contributed by atoms with Gasteiger partial charge in [-0.2, -0.15) is 0 Å². The Bertz CT molecular complexity index is 428. The van der Waals surface area contributed by atoms with Gasteiger partial charge in [0.2, 0.25) is 0 Å². The zero-order valence-corrected chi connectivity index (χ0v) is 12.5. The summed E-state index contributed by atoms with van der Waals surface area (Å²) in [6.07, 6.45) is 3.51. The quantitative estimate of drug-likeness (QED) is 0.817. The molecule has 3 heteroatoms. The molecule has 0 radical (unpaired) electrons. The van der Waals surface area contributed by atoms with Crippen LogP contribution in [0.4, 0.5) is 0 Å². The average Bonchev–Trinajstić information content (AvgIpc) is 2.58. The lowest BCUT2D eigenvalue weighted by Crippen LogP contribution is -2.41. The molecule has 92 valence electrons. The summed E-state index contributed by atoms with van der Waals surface area (Å²) < 4.78 is 1.10. The Morgan fingerprint density at radius 3 is 2.82 bits per heavy atom. The largest absolute Gasteiger partial charge is 0.349 e. The molecule has 1 aromatic rings. The molecule has 2 nitrogen and oxygen atoms in total. The highest BCUT2D eigenvalue weighted by molar-refractivity contribution is 14.1. The maximum Gasteiger partial charge on any atom is 0.251 e. The summed E-state index contributed by atoms with van der Waals surface area (Å²) in [6, 6.07) is 8.04. The number of nitrogens with one attached hydrogen (secondary N) is 1. The number of rotatable bonds is 2. The molecule has 2 rings (SSSR count). The lowest BCUT2D eigenvalue weighted by atomic mass is 9.87. The zero-order valence-electron chi connectivity index (χ0n) is 10.3. The monoisotopic (exact) mass is 343 g/mol. The van der Waals surface area contributed by atoms with Crippen molar-refractivity contribution < 1.29 is 4.79 Å². The van der Waals surface area contributed by atoms with Gasteiger partial charge in [0.1, 0.15) is 0 Å². The Kier molecular flexibility index (Phi) is 3.76. The number of amides is 1. The molecule has 0 saturated heterocycles. The van der Waals surface area contributed by atoms with Gasteiger partial charge in [0.25, 0.3) is 5.91 Å². The first kappa shape index (κ1) is 12.9. The Labute approximate surface area is 116 Å². The van der Waals surface area contributed by atoms with E-state index in [1.807, 2.05) is 24.3 Å². The Morgan fingerprint density at radius 1 is 1.47 bits per heavy atom.